The number of anilines is 1. The van der Waals surface area contributed by atoms with Crippen LogP contribution in [-0.2, 0) is 5.41 Å². The van der Waals surface area contributed by atoms with E-state index in [2.05, 4.69) is 19.1 Å². The molecule has 0 spiro atoms. The van der Waals surface area contributed by atoms with Crippen LogP contribution < -0.4 is 5.73 Å². The average molecular weight is 189 g/mol. The minimum absolute atomic E-state index is 0.409. The van der Waals surface area contributed by atoms with Crippen LogP contribution in [-0.4, -0.2) is 0 Å². The first kappa shape index (κ1) is 9.57. The van der Waals surface area contributed by atoms with Crippen molar-refractivity contribution in [2.75, 3.05) is 5.73 Å². The summed E-state index contributed by atoms with van der Waals surface area (Å²) in [6, 6.07) is 8.44. The Hall–Kier alpha value is -0.980. The molecule has 76 valence electrons. The lowest BCUT2D eigenvalue weighted by molar-refractivity contribution is 0.319. The van der Waals surface area contributed by atoms with Crippen LogP contribution in [0.3, 0.4) is 0 Å². The van der Waals surface area contributed by atoms with Crippen LogP contribution in [0.15, 0.2) is 24.3 Å². The monoisotopic (exact) mass is 189 g/mol. The fourth-order valence-electron chi connectivity index (χ4n) is 2.51. The van der Waals surface area contributed by atoms with Gasteiger partial charge in [-0.3, -0.25) is 0 Å². The highest BCUT2D eigenvalue weighted by Gasteiger charge is 2.28. The number of nitrogens with two attached hydrogens (primary N) is 1. The summed E-state index contributed by atoms with van der Waals surface area (Å²) < 4.78 is 0. The van der Waals surface area contributed by atoms with Gasteiger partial charge in [-0.05, 0) is 36.0 Å². The van der Waals surface area contributed by atoms with E-state index in [-0.39, 0.29) is 0 Å². The number of nitrogen functional groups attached to an aromatic ring is 1. The van der Waals surface area contributed by atoms with Crippen molar-refractivity contribution in [3.63, 3.8) is 0 Å². The predicted molar refractivity (Wildman–Crippen MR) is 61.3 cm³/mol. The zero-order valence-electron chi connectivity index (χ0n) is 8.92. The standard InChI is InChI=1S/C13H19N/c1-13(9-3-2-4-10-13)11-5-7-12(14)8-6-11/h5-8H,2-4,9-10,14H2,1H3. The van der Waals surface area contributed by atoms with E-state index < -0.39 is 0 Å². The van der Waals surface area contributed by atoms with Crippen LogP contribution in [0.25, 0.3) is 0 Å². The molecule has 1 heteroatoms. The van der Waals surface area contributed by atoms with Crippen molar-refractivity contribution in [3.05, 3.63) is 29.8 Å². The zero-order valence-corrected chi connectivity index (χ0v) is 8.92. The second-order valence-corrected chi connectivity index (χ2v) is 4.74. The van der Waals surface area contributed by atoms with E-state index in [1.165, 1.54) is 37.7 Å². The maximum atomic E-state index is 5.70. The Morgan fingerprint density at radius 3 is 2.14 bits per heavy atom. The summed E-state index contributed by atoms with van der Waals surface area (Å²) in [5, 5.41) is 0. The minimum Gasteiger partial charge on any atom is -0.399 e. The highest BCUT2D eigenvalue weighted by molar-refractivity contribution is 5.41. The van der Waals surface area contributed by atoms with Crippen LogP contribution in [0, 0.1) is 0 Å². The third-order valence-corrected chi connectivity index (χ3v) is 3.56. The third kappa shape index (κ3) is 1.77. The minimum atomic E-state index is 0.409. The van der Waals surface area contributed by atoms with Gasteiger partial charge in [0.25, 0.3) is 0 Å². The summed E-state index contributed by atoms with van der Waals surface area (Å²) in [6.07, 6.45) is 6.82. The van der Waals surface area contributed by atoms with Gasteiger partial charge in [-0.15, -0.1) is 0 Å². The smallest absolute Gasteiger partial charge is 0.0314 e. The summed E-state index contributed by atoms with van der Waals surface area (Å²) >= 11 is 0. The van der Waals surface area contributed by atoms with Crippen molar-refractivity contribution in [2.24, 2.45) is 0 Å². The average Bonchev–Trinajstić information content (AvgIpc) is 2.19. The fraction of sp³-hybridized carbons (Fsp3) is 0.538. The molecule has 1 aromatic rings. The van der Waals surface area contributed by atoms with E-state index in [1.807, 2.05) is 12.1 Å². The fourth-order valence-corrected chi connectivity index (χ4v) is 2.51. The van der Waals surface area contributed by atoms with Crippen LogP contribution >= 0.6 is 0 Å². The predicted octanol–water partition coefficient (Wildman–Crippen LogP) is 3.49. The number of hydrogen-bond acceptors (Lipinski definition) is 1. The molecule has 1 aliphatic rings. The maximum absolute atomic E-state index is 5.70. The van der Waals surface area contributed by atoms with Crippen LogP contribution in [0.4, 0.5) is 5.69 Å². The van der Waals surface area contributed by atoms with Gasteiger partial charge >= 0.3 is 0 Å². The van der Waals surface area contributed by atoms with Crippen molar-refractivity contribution in [2.45, 2.75) is 44.4 Å². The van der Waals surface area contributed by atoms with Gasteiger partial charge in [-0.1, -0.05) is 38.3 Å². The Kier molecular flexibility index (Phi) is 2.49. The van der Waals surface area contributed by atoms with Crippen molar-refractivity contribution >= 4 is 5.69 Å². The Morgan fingerprint density at radius 2 is 1.57 bits per heavy atom. The first-order valence-corrected chi connectivity index (χ1v) is 5.57. The van der Waals surface area contributed by atoms with Crippen LogP contribution in [0.2, 0.25) is 0 Å². The van der Waals surface area contributed by atoms with Gasteiger partial charge in [0.05, 0.1) is 0 Å². The summed E-state index contributed by atoms with van der Waals surface area (Å²) in [7, 11) is 0. The van der Waals surface area contributed by atoms with Gasteiger partial charge < -0.3 is 5.73 Å². The molecule has 0 amide bonds. The van der Waals surface area contributed by atoms with Crippen molar-refractivity contribution in [1.82, 2.24) is 0 Å². The SMILES string of the molecule is CC1(c2ccc(N)cc2)CCCCC1. The lowest BCUT2D eigenvalue weighted by atomic mass is 9.71. The van der Waals surface area contributed by atoms with Gasteiger partial charge in [0.15, 0.2) is 0 Å². The van der Waals surface area contributed by atoms with Crippen molar-refractivity contribution in [3.8, 4) is 0 Å². The Bertz CT molecular complexity index is 294. The van der Waals surface area contributed by atoms with E-state index in [0.29, 0.717) is 5.41 Å². The maximum Gasteiger partial charge on any atom is 0.0314 e. The van der Waals surface area contributed by atoms with Gasteiger partial charge in [-0.2, -0.15) is 0 Å². The van der Waals surface area contributed by atoms with Gasteiger partial charge in [0.1, 0.15) is 0 Å². The largest absolute Gasteiger partial charge is 0.399 e. The first-order chi connectivity index (χ1) is 6.71. The molecule has 0 heterocycles. The molecule has 0 bridgehead atoms. The van der Waals surface area contributed by atoms with Gasteiger partial charge in [0, 0.05) is 5.69 Å². The number of rotatable bonds is 1. The molecule has 1 nitrogen and oxygen atoms in total. The molecular formula is C13H19N. The molecule has 0 saturated heterocycles. The van der Waals surface area contributed by atoms with E-state index in [0.717, 1.165) is 5.69 Å². The molecule has 1 aromatic carbocycles. The molecule has 14 heavy (non-hydrogen) atoms. The summed E-state index contributed by atoms with van der Waals surface area (Å²) in [4.78, 5) is 0. The molecule has 0 aromatic heterocycles. The lowest BCUT2D eigenvalue weighted by Gasteiger charge is -2.34. The molecule has 0 aliphatic heterocycles. The molecule has 0 atom stereocenters. The van der Waals surface area contributed by atoms with Crippen LogP contribution in [0.5, 0.6) is 0 Å². The quantitative estimate of drug-likeness (QED) is 0.672. The Morgan fingerprint density at radius 1 is 1.00 bits per heavy atom. The van der Waals surface area contributed by atoms with Crippen molar-refractivity contribution in [1.29, 1.82) is 0 Å². The summed E-state index contributed by atoms with van der Waals surface area (Å²) in [5.74, 6) is 0. The molecule has 1 fully saturated rings. The van der Waals surface area contributed by atoms with Gasteiger partial charge in [0.2, 0.25) is 0 Å². The summed E-state index contributed by atoms with van der Waals surface area (Å²) in [5.41, 5.74) is 8.44. The molecule has 2 rings (SSSR count). The molecule has 0 unspecified atom stereocenters. The molecular weight excluding hydrogens is 170 g/mol. The number of hydrogen-bond donors (Lipinski definition) is 1. The highest BCUT2D eigenvalue weighted by Crippen LogP contribution is 2.38. The van der Waals surface area contributed by atoms with Crippen LogP contribution in [0.1, 0.15) is 44.6 Å². The third-order valence-electron chi connectivity index (χ3n) is 3.56. The van der Waals surface area contributed by atoms with E-state index in [9.17, 15) is 0 Å². The van der Waals surface area contributed by atoms with Crippen molar-refractivity contribution < 1.29 is 0 Å². The molecule has 2 N–H and O–H groups in total. The van der Waals surface area contributed by atoms with E-state index in [4.69, 9.17) is 5.73 Å². The highest BCUT2D eigenvalue weighted by atomic mass is 14.5. The zero-order chi connectivity index (χ0) is 10.0. The molecule has 1 saturated carbocycles. The summed E-state index contributed by atoms with van der Waals surface area (Å²) in [6.45, 7) is 2.39. The first-order valence-electron chi connectivity index (χ1n) is 5.57. The van der Waals surface area contributed by atoms with E-state index in [1.54, 1.807) is 0 Å². The molecule has 0 radical (unpaired) electrons. The number of benzene rings is 1. The topological polar surface area (TPSA) is 26.0 Å². The lowest BCUT2D eigenvalue weighted by Crippen LogP contribution is -2.24. The second kappa shape index (κ2) is 3.64. The molecule has 1 aliphatic carbocycles. The van der Waals surface area contributed by atoms with E-state index >= 15 is 0 Å². The Labute approximate surface area is 86.3 Å². The normalized spacial score (nSPS) is 20.6. The van der Waals surface area contributed by atoms with Gasteiger partial charge in [-0.25, -0.2) is 0 Å². The Balaban J connectivity index is 2.23. The second-order valence-electron chi connectivity index (χ2n) is 4.74.